The molecule has 0 N–H and O–H groups in total. The maximum Gasteiger partial charge on any atom is 0.316 e. The molecule has 1 saturated carbocycles. The lowest BCUT2D eigenvalue weighted by Crippen LogP contribution is -2.43. The van der Waals surface area contributed by atoms with Gasteiger partial charge in [-0.15, -0.1) is 0 Å². The van der Waals surface area contributed by atoms with Gasteiger partial charge in [-0.1, -0.05) is 48.3 Å². The maximum absolute atomic E-state index is 11.8. The summed E-state index contributed by atoms with van der Waals surface area (Å²) in [4.78, 5) is 11.8. The lowest BCUT2D eigenvalue weighted by atomic mass is 9.64. The Morgan fingerprint density at radius 2 is 1.76 bits per heavy atom. The monoisotopic (exact) mass is 298 g/mol. The van der Waals surface area contributed by atoms with E-state index in [1.807, 2.05) is 38.1 Å². The van der Waals surface area contributed by atoms with Crippen molar-refractivity contribution in [2.24, 2.45) is 0 Å². The predicted octanol–water partition coefficient (Wildman–Crippen LogP) is 4.07. The summed E-state index contributed by atoms with van der Waals surface area (Å²) < 4.78 is 5.92. The van der Waals surface area contributed by atoms with Crippen molar-refractivity contribution in [3.63, 3.8) is 0 Å². The highest BCUT2D eigenvalue weighted by Gasteiger charge is 2.46. The Morgan fingerprint density at radius 1 is 1.24 bits per heavy atom. The summed E-state index contributed by atoms with van der Waals surface area (Å²) in [6, 6.07) is 7.94. The van der Waals surface area contributed by atoms with E-state index in [2.05, 4.69) is 15.9 Å². The first-order valence-electron chi connectivity index (χ1n) is 6.03. The molecule has 0 saturated heterocycles. The minimum Gasteiger partial charge on any atom is -0.468 e. The van der Waals surface area contributed by atoms with Crippen LogP contribution < -0.4 is 0 Å². The molecule has 0 unspecified atom stereocenters. The zero-order chi connectivity index (χ0) is 12.9. The molecular formula is C14H19BrO2. The molecule has 0 bridgehead atoms. The Kier molecular flexibility index (Phi) is 5.19. The van der Waals surface area contributed by atoms with E-state index in [9.17, 15) is 4.79 Å². The molecule has 2 rings (SSSR count). The second kappa shape index (κ2) is 6.20. The van der Waals surface area contributed by atoms with Crippen molar-refractivity contribution < 1.29 is 9.53 Å². The van der Waals surface area contributed by atoms with Gasteiger partial charge >= 0.3 is 5.97 Å². The van der Waals surface area contributed by atoms with Crippen LogP contribution in [0, 0.1) is 0 Å². The molecular weight excluding hydrogens is 280 g/mol. The van der Waals surface area contributed by atoms with E-state index in [1.165, 1.54) is 7.11 Å². The van der Waals surface area contributed by atoms with Gasteiger partial charge in [0, 0.05) is 4.47 Å². The molecule has 1 aromatic rings. The summed E-state index contributed by atoms with van der Waals surface area (Å²) in [6.45, 7) is 4.00. The first-order chi connectivity index (χ1) is 8.19. The highest BCUT2D eigenvalue weighted by atomic mass is 79.9. The van der Waals surface area contributed by atoms with E-state index >= 15 is 0 Å². The fourth-order valence-corrected chi connectivity index (χ4v) is 2.37. The number of benzene rings is 1. The fourth-order valence-electron chi connectivity index (χ4n) is 2.11. The molecule has 0 heterocycles. The molecule has 0 spiro atoms. The number of carbonyl (C=O) groups is 1. The van der Waals surface area contributed by atoms with Crippen LogP contribution in [-0.2, 0) is 14.9 Å². The quantitative estimate of drug-likeness (QED) is 0.769. The molecule has 1 aliphatic carbocycles. The fraction of sp³-hybridized carbons (Fsp3) is 0.500. The van der Waals surface area contributed by atoms with E-state index in [4.69, 9.17) is 4.74 Å². The Morgan fingerprint density at radius 3 is 2.12 bits per heavy atom. The van der Waals surface area contributed by atoms with Crippen LogP contribution in [0.5, 0.6) is 0 Å². The number of esters is 1. The summed E-state index contributed by atoms with van der Waals surface area (Å²) in [5.41, 5.74) is 0.707. The topological polar surface area (TPSA) is 26.3 Å². The zero-order valence-electron chi connectivity index (χ0n) is 10.6. The second-order valence-electron chi connectivity index (χ2n) is 3.93. The van der Waals surface area contributed by atoms with Crippen LogP contribution in [0.3, 0.4) is 0 Å². The van der Waals surface area contributed by atoms with E-state index < -0.39 is 0 Å². The molecule has 0 aliphatic heterocycles. The largest absolute Gasteiger partial charge is 0.468 e. The van der Waals surface area contributed by atoms with E-state index in [0.29, 0.717) is 0 Å². The molecule has 0 atom stereocenters. The van der Waals surface area contributed by atoms with Crippen molar-refractivity contribution >= 4 is 21.9 Å². The second-order valence-corrected chi connectivity index (χ2v) is 4.85. The lowest BCUT2D eigenvalue weighted by molar-refractivity contribution is -0.151. The summed E-state index contributed by atoms with van der Waals surface area (Å²) in [7, 11) is 1.46. The molecule has 1 aromatic carbocycles. The standard InChI is InChI=1S/C12H13BrO2.C2H6/c1-15-11(14)12(7-2-8-12)9-3-5-10(13)6-4-9;1-2/h3-6H,2,7-8H2,1H3;1-2H3. The average Bonchev–Trinajstić information content (AvgIpc) is 2.32. The summed E-state index contributed by atoms with van der Waals surface area (Å²) in [5.74, 6) is -0.101. The minimum atomic E-state index is -0.366. The van der Waals surface area contributed by atoms with Crippen LogP contribution in [0.15, 0.2) is 28.7 Å². The van der Waals surface area contributed by atoms with Gasteiger partial charge < -0.3 is 4.74 Å². The molecule has 0 radical (unpaired) electrons. The Hall–Kier alpha value is -0.830. The van der Waals surface area contributed by atoms with Gasteiger partial charge in [-0.2, -0.15) is 0 Å². The van der Waals surface area contributed by atoms with Crippen LogP contribution in [0.1, 0.15) is 38.7 Å². The lowest BCUT2D eigenvalue weighted by Gasteiger charge is -2.39. The van der Waals surface area contributed by atoms with Crippen LogP contribution in [0.25, 0.3) is 0 Å². The van der Waals surface area contributed by atoms with Crippen LogP contribution >= 0.6 is 15.9 Å². The molecule has 1 aliphatic rings. The zero-order valence-corrected chi connectivity index (χ0v) is 12.2. The average molecular weight is 299 g/mol. The van der Waals surface area contributed by atoms with Crippen molar-refractivity contribution in [2.45, 2.75) is 38.5 Å². The van der Waals surface area contributed by atoms with E-state index in [1.54, 1.807) is 0 Å². The predicted molar refractivity (Wildman–Crippen MR) is 73.0 cm³/mol. The van der Waals surface area contributed by atoms with Crippen molar-refractivity contribution in [3.8, 4) is 0 Å². The van der Waals surface area contributed by atoms with Gasteiger partial charge in [-0.3, -0.25) is 4.79 Å². The number of halogens is 1. The molecule has 94 valence electrons. The normalized spacial score (nSPS) is 16.2. The van der Waals surface area contributed by atoms with Crippen molar-refractivity contribution in [1.29, 1.82) is 0 Å². The van der Waals surface area contributed by atoms with Crippen LogP contribution in [-0.4, -0.2) is 13.1 Å². The number of rotatable bonds is 2. The van der Waals surface area contributed by atoms with E-state index in [0.717, 1.165) is 29.3 Å². The molecule has 3 heteroatoms. The third-order valence-electron chi connectivity index (χ3n) is 3.18. The number of ether oxygens (including phenoxy) is 1. The summed E-state index contributed by atoms with van der Waals surface area (Å²) >= 11 is 3.39. The smallest absolute Gasteiger partial charge is 0.316 e. The Labute approximate surface area is 111 Å². The van der Waals surface area contributed by atoms with Gasteiger partial charge in [-0.05, 0) is 30.5 Å². The van der Waals surface area contributed by atoms with Gasteiger partial charge in [0.25, 0.3) is 0 Å². The number of hydrogen-bond donors (Lipinski definition) is 0. The highest BCUT2D eigenvalue weighted by molar-refractivity contribution is 9.10. The maximum atomic E-state index is 11.8. The van der Waals surface area contributed by atoms with Gasteiger partial charge in [-0.25, -0.2) is 0 Å². The van der Waals surface area contributed by atoms with Crippen molar-refractivity contribution in [2.75, 3.05) is 7.11 Å². The molecule has 2 nitrogen and oxygen atoms in total. The molecule has 0 aromatic heterocycles. The van der Waals surface area contributed by atoms with Gasteiger partial charge in [0.15, 0.2) is 0 Å². The first-order valence-corrected chi connectivity index (χ1v) is 6.83. The first kappa shape index (κ1) is 14.2. The molecule has 0 amide bonds. The third kappa shape index (κ3) is 2.71. The molecule has 1 fully saturated rings. The highest BCUT2D eigenvalue weighted by Crippen LogP contribution is 2.44. The van der Waals surface area contributed by atoms with Gasteiger partial charge in [0.2, 0.25) is 0 Å². The minimum absolute atomic E-state index is 0.101. The third-order valence-corrected chi connectivity index (χ3v) is 3.71. The van der Waals surface area contributed by atoms with Gasteiger partial charge in [0.1, 0.15) is 0 Å². The summed E-state index contributed by atoms with van der Waals surface area (Å²) in [5, 5.41) is 0. The Bertz CT molecular complexity index is 366. The molecule has 17 heavy (non-hydrogen) atoms. The number of methoxy groups -OCH3 is 1. The Balaban J connectivity index is 0.000000686. The van der Waals surface area contributed by atoms with E-state index in [-0.39, 0.29) is 11.4 Å². The SMILES string of the molecule is CC.COC(=O)C1(c2ccc(Br)cc2)CCC1. The summed E-state index contributed by atoms with van der Waals surface area (Å²) in [6.07, 6.45) is 2.91. The van der Waals surface area contributed by atoms with Crippen molar-refractivity contribution in [1.82, 2.24) is 0 Å². The van der Waals surface area contributed by atoms with Gasteiger partial charge in [0.05, 0.1) is 12.5 Å². The van der Waals surface area contributed by atoms with Crippen molar-refractivity contribution in [3.05, 3.63) is 34.3 Å². The number of carbonyl (C=O) groups excluding carboxylic acids is 1. The van der Waals surface area contributed by atoms with Crippen LogP contribution in [0.2, 0.25) is 0 Å². The number of hydrogen-bond acceptors (Lipinski definition) is 2. The van der Waals surface area contributed by atoms with Crippen LogP contribution in [0.4, 0.5) is 0 Å².